The lowest BCUT2D eigenvalue weighted by Gasteiger charge is -2.33. The predicted molar refractivity (Wildman–Crippen MR) is 300 cm³/mol. The molecule has 9 aromatic rings. The van der Waals surface area contributed by atoms with Gasteiger partial charge in [0.15, 0.2) is 0 Å². The molecule has 358 valence electrons. The smallest absolute Gasteiger partial charge is 0.137 e. The largest absolute Gasteiger partial charge is 0.457 e. The number of rotatable bonds is 12. The number of aromatic nitrogens is 2. The van der Waals surface area contributed by atoms with Crippen molar-refractivity contribution in [2.45, 2.75) is 104 Å². The van der Waals surface area contributed by atoms with Crippen molar-refractivity contribution in [2.24, 2.45) is 0 Å². The number of ether oxygens (including phenoxy) is 1. The van der Waals surface area contributed by atoms with Crippen LogP contribution < -0.4 is 14.5 Å². The summed E-state index contributed by atoms with van der Waals surface area (Å²) >= 11 is 0. The van der Waals surface area contributed by atoms with Crippen molar-refractivity contribution in [1.82, 2.24) is 9.55 Å². The Morgan fingerprint density at radius 3 is 1.68 bits per heavy atom. The van der Waals surface area contributed by atoms with Crippen molar-refractivity contribution in [1.29, 1.82) is 0 Å². The third-order valence-electron chi connectivity index (χ3n) is 15.0. The third-order valence-corrected chi connectivity index (χ3v) is 15.0. The van der Waals surface area contributed by atoms with Gasteiger partial charge in [0.2, 0.25) is 0 Å². The second-order valence-electron chi connectivity index (χ2n) is 22.2. The highest BCUT2D eigenvalue weighted by Crippen LogP contribution is 2.45. The Balaban J connectivity index is 1.09. The molecule has 0 saturated carbocycles. The van der Waals surface area contributed by atoms with Crippen molar-refractivity contribution in [3.63, 3.8) is 0 Å². The van der Waals surface area contributed by atoms with Gasteiger partial charge in [-0.25, -0.2) is 4.98 Å². The molecule has 1 aliphatic heterocycles. The summed E-state index contributed by atoms with van der Waals surface area (Å²) in [6.07, 6.45) is 4.34. The van der Waals surface area contributed by atoms with E-state index in [1.54, 1.807) is 0 Å². The zero-order valence-corrected chi connectivity index (χ0v) is 43.5. The summed E-state index contributed by atoms with van der Waals surface area (Å²) in [7, 11) is 0. The van der Waals surface area contributed by atoms with Crippen molar-refractivity contribution in [2.75, 3.05) is 16.5 Å². The van der Waals surface area contributed by atoms with E-state index in [1.165, 1.54) is 55.6 Å². The maximum absolute atomic E-state index is 6.92. The molecule has 0 saturated heterocycles. The molecule has 0 bridgehead atoms. The summed E-state index contributed by atoms with van der Waals surface area (Å²) in [6, 6.07) is 64.1. The first-order valence-electron chi connectivity index (χ1n) is 25.4. The minimum Gasteiger partial charge on any atom is -0.457 e. The molecule has 7 aromatic carbocycles. The lowest BCUT2D eigenvalue weighted by molar-refractivity contribution is 0.483. The Morgan fingerprint density at radius 2 is 1.06 bits per heavy atom. The van der Waals surface area contributed by atoms with Crippen LogP contribution >= 0.6 is 0 Å². The van der Waals surface area contributed by atoms with Crippen LogP contribution in [0.25, 0.3) is 33.3 Å². The summed E-state index contributed by atoms with van der Waals surface area (Å²) in [5.74, 6) is 3.08. The Morgan fingerprint density at radius 1 is 0.479 bits per heavy atom. The minimum atomic E-state index is -0.254. The summed E-state index contributed by atoms with van der Waals surface area (Å²) in [5, 5.41) is 2.34. The van der Waals surface area contributed by atoms with Gasteiger partial charge in [0.25, 0.3) is 0 Å². The van der Waals surface area contributed by atoms with E-state index < -0.39 is 0 Å². The van der Waals surface area contributed by atoms with Crippen molar-refractivity contribution in [3.05, 3.63) is 233 Å². The van der Waals surface area contributed by atoms with E-state index in [1.807, 2.05) is 6.20 Å². The van der Waals surface area contributed by atoms with Gasteiger partial charge in [-0.05, 0) is 111 Å². The van der Waals surface area contributed by atoms with Crippen LogP contribution in [0, 0.1) is 0 Å². The fourth-order valence-corrected chi connectivity index (χ4v) is 10.6. The van der Waals surface area contributed by atoms with Gasteiger partial charge in [0.1, 0.15) is 17.3 Å². The average Bonchev–Trinajstić information content (AvgIpc) is 3.96. The van der Waals surface area contributed by atoms with E-state index in [9.17, 15) is 0 Å². The molecular formula is C66H68N4O. The third kappa shape index (κ3) is 8.92. The van der Waals surface area contributed by atoms with Crippen molar-refractivity contribution < 1.29 is 4.74 Å². The lowest BCUT2D eigenvalue weighted by Crippen LogP contribution is -2.28. The standard InChI is InChI=1S/C66H68N4O/c1-44(2)55-29-21-30-56(45(3)4)63(55)61-42-68(52-37-49(65(8,9)46-22-14-12-15-23-46)36-50(38-52)66(10,11)47-24-16-13-17-25-47)43-69(61)51-26-20-27-53(40-51)71-54-32-33-58-57-28-18-19-31-59(57)70(60(58)41-54)62-39-48(34-35-67-62)64(5,6)7/h12-42,44-45H,43H2,1-11H3. The molecule has 5 nitrogen and oxygen atoms in total. The molecule has 0 spiro atoms. The van der Waals surface area contributed by atoms with E-state index in [2.05, 4.69) is 273 Å². The van der Waals surface area contributed by atoms with Crippen LogP contribution in [0.5, 0.6) is 11.5 Å². The van der Waals surface area contributed by atoms with Gasteiger partial charge in [0, 0.05) is 63.1 Å². The Kier molecular flexibility index (Phi) is 12.3. The fraction of sp³-hybridized carbons (Fsp3) is 0.258. The van der Waals surface area contributed by atoms with Crippen LogP contribution in [0.2, 0.25) is 0 Å². The number of benzene rings is 7. The van der Waals surface area contributed by atoms with Gasteiger partial charge in [-0.3, -0.25) is 4.57 Å². The van der Waals surface area contributed by atoms with Crippen LogP contribution in [-0.4, -0.2) is 16.2 Å². The normalized spacial score (nSPS) is 13.5. The monoisotopic (exact) mass is 933 g/mol. The summed E-state index contributed by atoms with van der Waals surface area (Å²) in [6.45, 7) is 26.1. The van der Waals surface area contributed by atoms with Crippen LogP contribution in [0.3, 0.4) is 0 Å². The number of hydrogen-bond acceptors (Lipinski definition) is 4. The van der Waals surface area contributed by atoms with Crippen LogP contribution in [0.1, 0.15) is 133 Å². The maximum atomic E-state index is 6.92. The predicted octanol–water partition coefficient (Wildman–Crippen LogP) is 17.4. The molecule has 10 rings (SSSR count). The molecule has 0 aliphatic carbocycles. The summed E-state index contributed by atoms with van der Waals surface area (Å²) in [4.78, 5) is 9.89. The molecule has 1 aliphatic rings. The molecule has 0 radical (unpaired) electrons. The van der Waals surface area contributed by atoms with Gasteiger partial charge in [-0.2, -0.15) is 0 Å². The molecule has 5 heteroatoms. The first-order chi connectivity index (χ1) is 34.0. The second kappa shape index (κ2) is 18.4. The minimum absolute atomic E-state index is 0.0179. The molecular weight excluding hydrogens is 865 g/mol. The number of pyridine rings is 1. The van der Waals surface area contributed by atoms with Gasteiger partial charge in [-0.15, -0.1) is 0 Å². The lowest BCUT2D eigenvalue weighted by atomic mass is 9.73. The van der Waals surface area contributed by atoms with Crippen LogP contribution in [-0.2, 0) is 16.2 Å². The van der Waals surface area contributed by atoms with E-state index in [-0.39, 0.29) is 16.2 Å². The Hall–Kier alpha value is -7.37. The molecule has 0 unspecified atom stereocenters. The highest BCUT2D eigenvalue weighted by molar-refractivity contribution is 6.09. The zero-order valence-electron chi connectivity index (χ0n) is 43.5. The molecule has 2 aromatic heterocycles. The average molecular weight is 933 g/mol. The molecule has 3 heterocycles. The molecule has 0 amide bonds. The summed E-state index contributed by atoms with van der Waals surface area (Å²) in [5.41, 5.74) is 15.4. The van der Waals surface area contributed by atoms with Gasteiger partial charge in [-0.1, -0.05) is 185 Å². The quantitative estimate of drug-likeness (QED) is 0.122. The Bertz CT molecular complexity index is 3330. The molecule has 0 atom stereocenters. The molecule has 71 heavy (non-hydrogen) atoms. The van der Waals surface area contributed by atoms with E-state index in [4.69, 9.17) is 9.72 Å². The fourth-order valence-electron chi connectivity index (χ4n) is 10.6. The van der Waals surface area contributed by atoms with Crippen LogP contribution in [0.4, 0.5) is 11.4 Å². The maximum Gasteiger partial charge on any atom is 0.137 e. The topological polar surface area (TPSA) is 33.5 Å². The number of hydrogen-bond donors (Lipinski definition) is 0. The summed E-state index contributed by atoms with van der Waals surface area (Å²) < 4.78 is 9.20. The first-order valence-corrected chi connectivity index (χ1v) is 25.4. The molecule has 0 N–H and O–H groups in total. The van der Waals surface area contributed by atoms with Gasteiger partial charge < -0.3 is 14.5 Å². The van der Waals surface area contributed by atoms with Crippen molar-refractivity contribution in [3.8, 4) is 17.3 Å². The van der Waals surface area contributed by atoms with E-state index in [0.29, 0.717) is 18.5 Å². The highest BCUT2D eigenvalue weighted by atomic mass is 16.5. The van der Waals surface area contributed by atoms with Crippen LogP contribution in [0.15, 0.2) is 188 Å². The number of fused-ring (bicyclic) bond motifs is 3. The highest BCUT2D eigenvalue weighted by Gasteiger charge is 2.33. The SMILES string of the molecule is CC(C)c1cccc(C(C)C)c1C1=CN(c2cc(C(C)(C)c3ccccc3)cc(C(C)(C)c3ccccc3)c2)CN1c1cccc(Oc2ccc3c4ccccc4n(-c4cc(C(C)(C)C)ccn4)c3c2)c1. The van der Waals surface area contributed by atoms with E-state index >= 15 is 0 Å². The number of anilines is 2. The molecule has 0 fully saturated rings. The number of nitrogens with zero attached hydrogens (tertiary/aromatic N) is 4. The Labute approximate surface area is 422 Å². The van der Waals surface area contributed by atoms with Gasteiger partial charge >= 0.3 is 0 Å². The van der Waals surface area contributed by atoms with E-state index in [0.717, 1.165) is 45.1 Å². The first kappa shape index (κ1) is 47.3. The number of para-hydroxylation sites is 1. The zero-order chi connectivity index (χ0) is 49.8. The van der Waals surface area contributed by atoms with Gasteiger partial charge in [0.05, 0.1) is 23.4 Å². The van der Waals surface area contributed by atoms with Crippen molar-refractivity contribution >= 4 is 38.9 Å². The second-order valence-corrected chi connectivity index (χ2v) is 22.2.